The summed E-state index contributed by atoms with van der Waals surface area (Å²) in [4.78, 5) is 14.7. The van der Waals surface area contributed by atoms with Gasteiger partial charge in [0.05, 0.1) is 0 Å². The van der Waals surface area contributed by atoms with Crippen molar-refractivity contribution in [1.29, 1.82) is 0 Å². The zero-order valence-corrected chi connectivity index (χ0v) is 13.5. The highest BCUT2D eigenvalue weighted by Crippen LogP contribution is 2.48. The normalized spacial score (nSPS) is 25.0. The first-order valence-electron chi connectivity index (χ1n) is 8.52. The standard InChI is InChI=1S/C18H27N3O/c1-14-5-2-3-6-15(14)16-13-17(16)18(22)20-7-4-10-21-11-8-19-9-12-21/h2-3,5-6,16-17,19H,4,7-13H2,1H3,(H,20,22). The molecule has 1 heterocycles. The summed E-state index contributed by atoms with van der Waals surface area (Å²) in [6.45, 7) is 8.47. The zero-order valence-electron chi connectivity index (χ0n) is 13.5. The molecule has 1 saturated heterocycles. The topological polar surface area (TPSA) is 44.4 Å². The summed E-state index contributed by atoms with van der Waals surface area (Å²) in [5, 5.41) is 6.48. The lowest BCUT2D eigenvalue weighted by atomic mass is 10.0. The van der Waals surface area contributed by atoms with Gasteiger partial charge < -0.3 is 15.5 Å². The molecule has 2 fully saturated rings. The van der Waals surface area contributed by atoms with Gasteiger partial charge in [0.25, 0.3) is 0 Å². The van der Waals surface area contributed by atoms with Crippen LogP contribution < -0.4 is 10.6 Å². The molecule has 2 unspecified atom stereocenters. The van der Waals surface area contributed by atoms with Crippen LogP contribution >= 0.6 is 0 Å². The van der Waals surface area contributed by atoms with E-state index in [-0.39, 0.29) is 11.8 Å². The van der Waals surface area contributed by atoms with Crippen LogP contribution in [0.4, 0.5) is 0 Å². The van der Waals surface area contributed by atoms with Gasteiger partial charge in [0.1, 0.15) is 0 Å². The Morgan fingerprint density at radius 3 is 2.86 bits per heavy atom. The first-order valence-corrected chi connectivity index (χ1v) is 8.52. The number of carbonyl (C=O) groups excluding carboxylic acids is 1. The molecule has 2 aliphatic rings. The van der Waals surface area contributed by atoms with Gasteiger partial charge in [-0.1, -0.05) is 24.3 Å². The van der Waals surface area contributed by atoms with Crippen LogP contribution in [0.15, 0.2) is 24.3 Å². The Kier molecular flexibility index (Phi) is 5.11. The smallest absolute Gasteiger partial charge is 0.223 e. The van der Waals surface area contributed by atoms with Gasteiger partial charge in [0.2, 0.25) is 5.91 Å². The van der Waals surface area contributed by atoms with Gasteiger partial charge in [-0.3, -0.25) is 4.79 Å². The molecule has 0 radical (unpaired) electrons. The largest absolute Gasteiger partial charge is 0.356 e. The third kappa shape index (κ3) is 3.87. The molecule has 1 aliphatic carbocycles. The van der Waals surface area contributed by atoms with Crippen molar-refractivity contribution in [3.05, 3.63) is 35.4 Å². The summed E-state index contributed by atoms with van der Waals surface area (Å²) in [6.07, 6.45) is 2.06. The average Bonchev–Trinajstić information content (AvgIpc) is 3.33. The summed E-state index contributed by atoms with van der Waals surface area (Å²) >= 11 is 0. The molecule has 4 heteroatoms. The highest BCUT2D eigenvalue weighted by Gasteiger charge is 2.44. The predicted octanol–water partition coefficient (Wildman–Crippen LogP) is 1.51. The monoisotopic (exact) mass is 301 g/mol. The van der Waals surface area contributed by atoms with Crippen LogP contribution in [-0.4, -0.2) is 50.1 Å². The second-order valence-electron chi connectivity index (χ2n) is 6.54. The van der Waals surface area contributed by atoms with Crippen LogP contribution in [0.2, 0.25) is 0 Å². The number of amides is 1. The number of rotatable bonds is 6. The number of hydrogen-bond donors (Lipinski definition) is 2. The molecule has 0 aromatic heterocycles. The van der Waals surface area contributed by atoms with Gasteiger partial charge in [-0.25, -0.2) is 0 Å². The Bertz CT molecular complexity index is 511. The maximum atomic E-state index is 12.2. The third-order valence-electron chi connectivity index (χ3n) is 4.88. The molecule has 1 aromatic carbocycles. The van der Waals surface area contributed by atoms with Gasteiger partial charge in [0.15, 0.2) is 0 Å². The lowest BCUT2D eigenvalue weighted by molar-refractivity contribution is -0.122. The van der Waals surface area contributed by atoms with Crippen molar-refractivity contribution in [3.8, 4) is 0 Å². The van der Waals surface area contributed by atoms with Crippen LogP contribution in [0.25, 0.3) is 0 Å². The van der Waals surface area contributed by atoms with Gasteiger partial charge in [-0.05, 0) is 43.4 Å². The van der Waals surface area contributed by atoms with E-state index >= 15 is 0 Å². The van der Waals surface area contributed by atoms with E-state index in [1.54, 1.807) is 0 Å². The number of aryl methyl sites for hydroxylation is 1. The number of carbonyl (C=O) groups is 1. The minimum absolute atomic E-state index is 0.195. The average molecular weight is 301 g/mol. The fraction of sp³-hybridized carbons (Fsp3) is 0.611. The minimum atomic E-state index is 0.195. The lowest BCUT2D eigenvalue weighted by Crippen LogP contribution is -2.44. The van der Waals surface area contributed by atoms with Crippen molar-refractivity contribution in [2.24, 2.45) is 5.92 Å². The van der Waals surface area contributed by atoms with Crippen molar-refractivity contribution in [2.75, 3.05) is 39.3 Å². The van der Waals surface area contributed by atoms with Crippen molar-refractivity contribution in [1.82, 2.24) is 15.5 Å². The summed E-state index contributed by atoms with van der Waals surface area (Å²) in [6, 6.07) is 8.43. The fourth-order valence-corrected chi connectivity index (χ4v) is 3.41. The Morgan fingerprint density at radius 2 is 2.09 bits per heavy atom. The van der Waals surface area contributed by atoms with E-state index in [0.717, 1.165) is 52.1 Å². The van der Waals surface area contributed by atoms with E-state index in [0.29, 0.717) is 5.92 Å². The molecular formula is C18H27N3O. The van der Waals surface area contributed by atoms with E-state index in [9.17, 15) is 4.79 Å². The first-order chi connectivity index (χ1) is 10.8. The summed E-state index contributed by atoms with van der Waals surface area (Å²) in [5.41, 5.74) is 2.66. The minimum Gasteiger partial charge on any atom is -0.356 e. The third-order valence-corrected chi connectivity index (χ3v) is 4.88. The number of hydrogen-bond acceptors (Lipinski definition) is 3. The Balaban J connectivity index is 1.36. The molecule has 0 spiro atoms. The van der Waals surface area contributed by atoms with E-state index < -0.39 is 0 Å². The maximum absolute atomic E-state index is 12.2. The molecule has 120 valence electrons. The second-order valence-corrected chi connectivity index (χ2v) is 6.54. The molecule has 3 rings (SSSR count). The quantitative estimate of drug-likeness (QED) is 0.783. The van der Waals surface area contributed by atoms with Gasteiger partial charge in [-0.2, -0.15) is 0 Å². The molecule has 0 bridgehead atoms. The molecule has 1 amide bonds. The van der Waals surface area contributed by atoms with Crippen LogP contribution in [0.5, 0.6) is 0 Å². The van der Waals surface area contributed by atoms with E-state index in [2.05, 4.69) is 46.7 Å². The molecule has 22 heavy (non-hydrogen) atoms. The number of nitrogens with one attached hydrogen (secondary N) is 2. The molecule has 1 aliphatic heterocycles. The van der Waals surface area contributed by atoms with E-state index in [1.165, 1.54) is 11.1 Å². The second kappa shape index (κ2) is 7.25. The summed E-state index contributed by atoms with van der Waals surface area (Å²) in [5.74, 6) is 0.878. The molecule has 4 nitrogen and oxygen atoms in total. The van der Waals surface area contributed by atoms with Crippen LogP contribution in [-0.2, 0) is 4.79 Å². The molecular weight excluding hydrogens is 274 g/mol. The SMILES string of the molecule is Cc1ccccc1C1CC1C(=O)NCCCN1CCNCC1. The van der Waals surface area contributed by atoms with Crippen LogP contribution in [0.1, 0.15) is 29.9 Å². The van der Waals surface area contributed by atoms with E-state index in [4.69, 9.17) is 0 Å². The number of piperazine rings is 1. The first kappa shape index (κ1) is 15.5. The summed E-state index contributed by atoms with van der Waals surface area (Å²) in [7, 11) is 0. The van der Waals surface area contributed by atoms with E-state index in [1.807, 2.05) is 0 Å². The number of nitrogens with zero attached hydrogens (tertiary/aromatic N) is 1. The Morgan fingerprint density at radius 1 is 1.32 bits per heavy atom. The maximum Gasteiger partial charge on any atom is 0.223 e. The van der Waals surface area contributed by atoms with Crippen LogP contribution in [0, 0.1) is 12.8 Å². The summed E-state index contributed by atoms with van der Waals surface area (Å²) < 4.78 is 0. The Labute approximate surface area is 133 Å². The molecule has 1 aromatic rings. The molecule has 2 N–H and O–H groups in total. The van der Waals surface area contributed by atoms with Gasteiger partial charge in [-0.15, -0.1) is 0 Å². The fourth-order valence-electron chi connectivity index (χ4n) is 3.41. The number of benzene rings is 1. The van der Waals surface area contributed by atoms with Crippen LogP contribution in [0.3, 0.4) is 0 Å². The van der Waals surface area contributed by atoms with Crippen molar-refractivity contribution >= 4 is 5.91 Å². The van der Waals surface area contributed by atoms with Gasteiger partial charge >= 0.3 is 0 Å². The van der Waals surface area contributed by atoms with Crippen molar-refractivity contribution in [3.63, 3.8) is 0 Å². The van der Waals surface area contributed by atoms with Crippen molar-refractivity contribution < 1.29 is 4.79 Å². The van der Waals surface area contributed by atoms with Crippen molar-refractivity contribution in [2.45, 2.75) is 25.7 Å². The lowest BCUT2D eigenvalue weighted by Gasteiger charge is -2.27. The molecule has 1 saturated carbocycles. The predicted molar refractivity (Wildman–Crippen MR) is 89.0 cm³/mol. The highest BCUT2D eigenvalue weighted by atomic mass is 16.2. The Hall–Kier alpha value is -1.39. The molecule has 2 atom stereocenters. The van der Waals surface area contributed by atoms with Gasteiger partial charge in [0, 0.05) is 38.6 Å². The zero-order chi connectivity index (χ0) is 15.4. The highest BCUT2D eigenvalue weighted by molar-refractivity contribution is 5.83.